The van der Waals surface area contributed by atoms with Gasteiger partial charge in [-0.05, 0) is 25.1 Å². The lowest BCUT2D eigenvalue weighted by atomic mass is 10.0. The summed E-state index contributed by atoms with van der Waals surface area (Å²) in [5, 5.41) is 19.2. The Morgan fingerprint density at radius 2 is 2.12 bits per heavy atom. The van der Waals surface area contributed by atoms with Crippen molar-refractivity contribution >= 4 is 0 Å². The average molecular weight is 229 g/mol. The van der Waals surface area contributed by atoms with E-state index in [1.165, 1.54) is 19.2 Å². The van der Waals surface area contributed by atoms with Gasteiger partial charge in [-0.3, -0.25) is 0 Å². The van der Waals surface area contributed by atoms with Gasteiger partial charge in [0.2, 0.25) is 0 Å². The molecule has 0 spiro atoms. The zero-order valence-corrected chi connectivity index (χ0v) is 9.06. The molecule has 0 aliphatic rings. The molecular weight excluding hydrogens is 213 g/mol. The molecule has 1 aromatic carbocycles. The average Bonchev–Trinajstić information content (AvgIpc) is 2.28. The summed E-state index contributed by atoms with van der Waals surface area (Å²) in [6.07, 6.45) is -2.12. The third-order valence-electron chi connectivity index (χ3n) is 2.35. The Morgan fingerprint density at radius 3 is 2.62 bits per heavy atom. The Kier molecular flexibility index (Phi) is 4.67. The minimum absolute atomic E-state index is 0.0433. The highest BCUT2D eigenvalue weighted by atomic mass is 19.1. The number of halogens is 1. The molecule has 0 aromatic heterocycles. The molecule has 0 fully saturated rings. The van der Waals surface area contributed by atoms with Gasteiger partial charge in [0.05, 0.1) is 13.2 Å². The van der Waals surface area contributed by atoms with Crippen LogP contribution in [0.5, 0.6) is 5.75 Å². The standard InChI is InChI=1S/C11H16FNO3/c1-16-7-2-3-8(9(12)6-7)11(15)10(14)4-5-13/h2-3,6,10-11,14-15H,4-5,13H2,1H3. The fraction of sp³-hybridized carbons (Fsp3) is 0.455. The molecule has 16 heavy (non-hydrogen) atoms. The second-order valence-corrected chi connectivity index (χ2v) is 3.48. The number of hydrogen-bond acceptors (Lipinski definition) is 4. The lowest BCUT2D eigenvalue weighted by molar-refractivity contribution is 0.0129. The highest BCUT2D eigenvalue weighted by Gasteiger charge is 2.21. The molecule has 0 saturated carbocycles. The summed E-state index contributed by atoms with van der Waals surface area (Å²) < 4.78 is 18.3. The summed E-state index contributed by atoms with van der Waals surface area (Å²) in [6.45, 7) is 0.232. The van der Waals surface area contributed by atoms with E-state index in [1.807, 2.05) is 0 Å². The third-order valence-corrected chi connectivity index (χ3v) is 2.35. The predicted molar refractivity (Wildman–Crippen MR) is 57.6 cm³/mol. The van der Waals surface area contributed by atoms with Crippen LogP contribution in [0.1, 0.15) is 18.1 Å². The molecule has 1 rings (SSSR count). The van der Waals surface area contributed by atoms with Crippen LogP contribution in [-0.4, -0.2) is 30.0 Å². The predicted octanol–water partition coefficient (Wildman–Crippen LogP) is 0.577. The molecule has 0 amide bonds. The van der Waals surface area contributed by atoms with Crippen molar-refractivity contribution in [3.8, 4) is 5.75 Å². The van der Waals surface area contributed by atoms with Gasteiger partial charge in [0.1, 0.15) is 17.7 Å². The van der Waals surface area contributed by atoms with Gasteiger partial charge in [0, 0.05) is 11.6 Å². The molecule has 0 aliphatic carbocycles. The van der Waals surface area contributed by atoms with Crippen molar-refractivity contribution in [2.45, 2.75) is 18.6 Å². The second-order valence-electron chi connectivity index (χ2n) is 3.48. The van der Waals surface area contributed by atoms with Crippen LogP contribution in [0.3, 0.4) is 0 Å². The summed E-state index contributed by atoms with van der Waals surface area (Å²) in [5.41, 5.74) is 5.29. The van der Waals surface area contributed by atoms with Crippen molar-refractivity contribution in [2.75, 3.05) is 13.7 Å². The number of methoxy groups -OCH3 is 1. The van der Waals surface area contributed by atoms with Crippen LogP contribution in [0.2, 0.25) is 0 Å². The van der Waals surface area contributed by atoms with E-state index in [9.17, 15) is 14.6 Å². The lowest BCUT2D eigenvalue weighted by Crippen LogP contribution is -2.22. The van der Waals surface area contributed by atoms with Crippen LogP contribution in [0, 0.1) is 5.82 Å². The van der Waals surface area contributed by atoms with Crippen LogP contribution >= 0.6 is 0 Å². The van der Waals surface area contributed by atoms with Crippen LogP contribution in [0.25, 0.3) is 0 Å². The van der Waals surface area contributed by atoms with E-state index in [-0.39, 0.29) is 18.5 Å². The number of aliphatic hydroxyl groups excluding tert-OH is 2. The molecule has 4 nitrogen and oxygen atoms in total. The zero-order chi connectivity index (χ0) is 12.1. The van der Waals surface area contributed by atoms with Gasteiger partial charge < -0.3 is 20.7 Å². The fourth-order valence-electron chi connectivity index (χ4n) is 1.41. The van der Waals surface area contributed by atoms with Crippen LogP contribution in [0.4, 0.5) is 4.39 Å². The van der Waals surface area contributed by atoms with Crippen molar-refractivity contribution < 1.29 is 19.3 Å². The fourth-order valence-corrected chi connectivity index (χ4v) is 1.41. The first-order chi connectivity index (χ1) is 7.60. The smallest absolute Gasteiger partial charge is 0.132 e. The molecule has 1 aromatic rings. The molecule has 2 atom stereocenters. The van der Waals surface area contributed by atoms with Crippen molar-refractivity contribution in [2.24, 2.45) is 5.73 Å². The SMILES string of the molecule is COc1ccc(C(O)C(O)CCN)c(F)c1. The molecule has 0 aliphatic heterocycles. The van der Waals surface area contributed by atoms with Crippen LogP contribution in [-0.2, 0) is 0 Å². The Morgan fingerprint density at radius 1 is 1.44 bits per heavy atom. The quantitative estimate of drug-likeness (QED) is 0.690. The van der Waals surface area contributed by atoms with Gasteiger partial charge in [-0.1, -0.05) is 0 Å². The maximum Gasteiger partial charge on any atom is 0.132 e. The summed E-state index contributed by atoms with van der Waals surface area (Å²) in [6, 6.07) is 4.07. The highest BCUT2D eigenvalue weighted by molar-refractivity contribution is 5.30. The molecule has 2 unspecified atom stereocenters. The topological polar surface area (TPSA) is 75.7 Å². The largest absolute Gasteiger partial charge is 0.497 e. The number of nitrogens with two attached hydrogens (primary N) is 1. The van der Waals surface area contributed by atoms with E-state index in [2.05, 4.69) is 0 Å². The highest BCUT2D eigenvalue weighted by Crippen LogP contribution is 2.24. The summed E-state index contributed by atoms with van der Waals surface area (Å²) in [7, 11) is 1.42. The minimum atomic E-state index is -1.27. The van der Waals surface area contributed by atoms with Gasteiger partial charge in [-0.2, -0.15) is 0 Å². The Labute approximate surface area is 93.5 Å². The van der Waals surface area contributed by atoms with E-state index in [1.54, 1.807) is 0 Å². The maximum absolute atomic E-state index is 13.5. The van der Waals surface area contributed by atoms with E-state index < -0.39 is 18.0 Å². The summed E-state index contributed by atoms with van der Waals surface area (Å²) in [4.78, 5) is 0. The van der Waals surface area contributed by atoms with Crippen molar-refractivity contribution in [1.29, 1.82) is 0 Å². The number of benzene rings is 1. The van der Waals surface area contributed by atoms with Gasteiger partial charge in [0.25, 0.3) is 0 Å². The van der Waals surface area contributed by atoms with E-state index in [0.29, 0.717) is 5.75 Å². The number of aliphatic hydroxyl groups is 2. The third kappa shape index (κ3) is 2.91. The molecule has 0 radical (unpaired) electrons. The molecule has 0 heterocycles. The van der Waals surface area contributed by atoms with Crippen molar-refractivity contribution in [3.05, 3.63) is 29.6 Å². The van der Waals surface area contributed by atoms with Crippen molar-refractivity contribution in [1.82, 2.24) is 0 Å². The molecular formula is C11H16FNO3. The lowest BCUT2D eigenvalue weighted by Gasteiger charge is -2.18. The van der Waals surface area contributed by atoms with E-state index in [0.717, 1.165) is 6.07 Å². The molecule has 5 heteroatoms. The van der Waals surface area contributed by atoms with Gasteiger partial charge in [-0.25, -0.2) is 4.39 Å². The Hall–Kier alpha value is -1.17. The summed E-state index contributed by atoms with van der Waals surface area (Å²) >= 11 is 0. The Balaban J connectivity index is 2.87. The number of hydrogen-bond donors (Lipinski definition) is 3. The van der Waals surface area contributed by atoms with Crippen LogP contribution < -0.4 is 10.5 Å². The maximum atomic E-state index is 13.5. The van der Waals surface area contributed by atoms with Crippen molar-refractivity contribution in [3.63, 3.8) is 0 Å². The monoisotopic (exact) mass is 229 g/mol. The number of rotatable bonds is 5. The number of ether oxygens (including phenoxy) is 1. The Bertz CT molecular complexity index is 346. The van der Waals surface area contributed by atoms with Gasteiger partial charge >= 0.3 is 0 Å². The van der Waals surface area contributed by atoms with Gasteiger partial charge in [-0.15, -0.1) is 0 Å². The molecule has 90 valence electrons. The molecule has 0 bridgehead atoms. The van der Waals surface area contributed by atoms with Gasteiger partial charge in [0.15, 0.2) is 0 Å². The first-order valence-electron chi connectivity index (χ1n) is 4.99. The normalized spacial score (nSPS) is 14.6. The van der Waals surface area contributed by atoms with Crippen LogP contribution in [0.15, 0.2) is 18.2 Å². The molecule has 0 saturated heterocycles. The van der Waals surface area contributed by atoms with E-state index in [4.69, 9.17) is 10.5 Å². The molecule has 4 N–H and O–H groups in total. The minimum Gasteiger partial charge on any atom is -0.497 e. The summed E-state index contributed by atoms with van der Waals surface area (Å²) in [5.74, 6) is -0.246. The zero-order valence-electron chi connectivity index (χ0n) is 9.06. The second kappa shape index (κ2) is 5.79. The first kappa shape index (κ1) is 12.9. The first-order valence-corrected chi connectivity index (χ1v) is 4.99. The van der Waals surface area contributed by atoms with E-state index >= 15 is 0 Å².